The first-order chi connectivity index (χ1) is 18.5. The maximum absolute atomic E-state index is 13.5. The molecule has 2 nitrogen and oxygen atoms in total. The molecule has 0 aliphatic heterocycles. The first-order valence-corrected chi connectivity index (χ1v) is 13.2. The smallest absolute Gasteiger partial charge is 0.307 e. The van der Waals surface area contributed by atoms with E-state index >= 15 is 0 Å². The zero-order valence-electron chi connectivity index (χ0n) is 22.3. The van der Waals surface area contributed by atoms with E-state index in [2.05, 4.69) is 83.7 Å². The van der Waals surface area contributed by atoms with Crippen LogP contribution in [0, 0.1) is 12.3 Å². The average molecular weight is 522 g/mol. The molecule has 4 aromatic carbocycles. The number of aryl methyl sites for hydroxylation is 2. The summed E-state index contributed by atoms with van der Waals surface area (Å²) in [6, 6.07) is 27.1. The lowest BCUT2D eigenvalue weighted by Gasteiger charge is -2.27. The zero-order chi connectivity index (χ0) is 27.3. The fourth-order valence-corrected chi connectivity index (χ4v) is 6.26. The van der Waals surface area contributed by atoms with Crippen molar-refractivity contribution < 1.29 is 17.7 Å². The van der Waals surface area contributed by atoms with Crippen molar-refractivity contribution in [1.82, 2.24) is 4.40 Å². The number of nitrogens with zero attached hydrogens (tertiary/aromatic N) is 2. The molecule has 0 amide bonds. The van der Waals surface area contributed by atoms with E-state index in [0.717, 1.165) is 22.0 Å². The molecule has 0 saturated carbocycles. The fourth-order valence-electron chi connectivity index (χ4n) is 6.26. The van der Waals surface area contributed by atoms with Crippen LogP contribution < -0.4 is 4.57 Å². The Bertz CT molecular complexity index is 2060. The number of halogens is 3. The summed E-state index contributed by atoms with van der Waals surface area (Å²) in [5, 5.41) is 6.05. The molecule has 0 radical (unpaired) electrons. The molecule has 5 heteroatoms. The average Bonchev–Trinajstić information content (AvgIpc) is 3.23. The van der Waals surface area contributed by atoms with E-state index in [9.17, 15) is 13.2 Å². The van der Waals surface area contributed by atoms with Crippen LogP contribution in [-0.4, -0.2) is 10.6 Å². The zero-order valence-corrected chi connectivity index (χ0v) is 22.3. The molecule has 0 aliphatic rings. The largest absolute Gasteiger partial charge is 0.394 e. The molecule has 7 rings (SSSR count). The molecule has 0 saturated heterocycles. The number of alkyl halides is 3. The summed E-state index contributed by atoms with van der Waals surface area (Å²) in [6.07, 6.45) is -2.19. The standard InChI is InChI=1S/C34H28F3N2/c1-20-9-14-26-25-7-5-6-8-27(25)39-28-18-24(17-23-15-16-38(4)32(30(23)28)29(20)31(26)39)22-12-10-21(11-13-22)19-33(2,3)34(35,36)37/h5-18H,19H2,1-4H3/q+1. The molecule has 0 atom stereocenters. The molecular weight excluding hydrogens is 493 g/mol. The summed E-state index contributed by atoms with van der Waals surface area (Å²) in [7, 11) is 2.10. The van der Waals surface area contributed by atoms with Crippen LogP contribution in [0.4, 0.5) is 13.2 Å². The lowest BCUT2D eigenvalue weighted by atomic mass is 9.84. The van der Waals surface area contributed by atoms with Crippen LogP contribution in [0.3, 0.4) is 0 Å². The van der Waals surface area contributed by atoms with Crippen molar-refractivity contribution in [2.24, 2.45) is 12.5 Å². The molecule has 7 aromatic rings. The summed E-state index contributed by atoms with van der Waals surface area (Å²) in [6.45, 7) is 4.69. The second-order valence-corrected chi connectivity index (χ2v) is 11.5. The van der Waals surface area contributed by atoms with Gasteiger partial charge in [0.25, 0.3) is 0 Å². The SMILES string of the molecule is Cc1ccc2c3ccccc3n3c4cc(-c5ccc(CC(C)(C)C(F)(F)F)cc5)cc5cc[n+](C)c(c1c23)c54. The normalized spacial score (nSPS) is 13.1. The van der Waals surface area contributed by atoms with Gasteiger partial charge in [0.2, 0.25) is 5.52 Å². The number of hydrogen-bond acceptors (Lipinski definition) is 0. The van der Waals surface area contributed by atoms with Gasteiger partial charge in [-0.2, -0.15) is 13.2 Å². The summed E-state index contributed by atoms with van der Waals surface area (Å²) in [5.74, 6) is 0. The lowest BCUT2D eigenvalue weighted by molar-refractivity contribution is -0.643. The number of rotatable bonds is 3. The van der Waals surface area contributed by atoms with E-state index < -0.39 is 11.6 Å². The molecule has 0 bridgehead atoms. The number of hydrogen-bond donors (Lipinski definition) is 0. The van der Waals surface area contributed by atoms with E-state index in [4.69, 9.17) is 0 Å². The van der Waals surface area contributed by atoms with Gasteiger partial charge >= 0.3 is 6.18 Å². The summed E-state index contributed by atoms with van der Waals surface area (Å²) in [5.41, 5.74) is 6.88. The number of pyridine rings is 2. The number of fused-ring (bicyclic) bond motifs is 5. The quantitative estimate of drug-likeness (QED) is 0.125. The van der Waals surface area contributed by atoms with Crippen molar-refractivity contribution in [3.8, 4) is 11.1 Å². The van der Waals surface area contributed by atoms with E-state index in [1.165, 1.54) is 57.5 Å². The molecule has 0 unspecified atom stereocenters. The van der Waals surface area contributed by atoms with Gasteiger partial charge in [-0.25, -0.2) is 4.57 Å². The third kappa shape index (κ3) is 3.38. The van der Waals surface area contributed by atoms with Gasteiger partial charge in [-0.3, -0.25) is 0 Å². The van der Waals surface area contributed by atoms with Crippen LogP contribution >= 0.6 is 0 Å². The predicted octanol–water partition coefficient (Wildman–Crippen LogP) is 8.92. The molecule has 3 heterocycles. The van der Waals surface area contributed by atoms with Gasteiger partial charge in [0.1, 0.15) is 7.05 Å². The lowest BCUT2D eigenvalue weighted by Crippen LogP contribution is -2.34. The van der Waals surface area contributed by atoms with Crippen LogP contribution in [0.1, 0.15) is 25.0 Å². The monoisotopic (exact) mass is 521 g/mol. The number of benzene rings is 4. The second kappa shape index (κ2) is 7.95. The Morgan fingerprint density at radius 3 is 2.26 bits per heavy atom. The van der Waals surface area contributed by atoms with Crippen molar-refractivity contribution in [2.45, 2.75) is 33.4 Å². The molecule has 0 spiro atoms. The molecule has 39 heavy (non-hydrogen) atoms. The van der Waals surface area contributed by atoms with Crippen LogP contribution in [-0.2, 0) is 13.5 Å². The highest BCUT2D eigenvalue weighted by Gasteiger charge is 2.46. The van der Waals surface area contributed by atoms with Gasteiger partial charge < -0.3 is 4.40 Å². The minimum Gasteiger partial charge on any atom is -0.307 e. The maximum Gasteiger partial charge on any atom is 0.394 e. The number of aromatic nitrogens is 2. The molecule has 0 aliphatic carbocycles. The third-order valence-corrected chi connectivity index (χ3v) is 8.44. The Morgan fingerprint density at radius 2 is 1.51 bits per heavy atom. The predicted molar refractivity (Wildman–Crippen MR) is 153 cm³/mol. The van der Waals surface area contributed by atoms with Gasteiger partial charge in [-0.15, -0.1) is 0 Å². The minimum atomic E-state index is -4.25. The van der Waals surface area contributed by atoms with Gasteiger partial charge in [0.15, 0.2) is 6.20 Å². The van der Waals surface area contributed by atoms with Crippen LogP contribution in [0.2, 0.25) is 0 Å². The fraction of sp³-hybridized carbons (Fsp3) is 0.206. The summed E-state index contributed by atoms with van der Waals surface area (Å²) in [4.78, 5) is 0. The van der Waals surface area contributed by atoms with Crippen molar-refractivity contribution in [3.63, 3.8) is 0 Å². The summed E-state index contributed by atoms with van der Waals surface area (Å²) >= 11 is 0. The molecule has 0 fully saturated rings. The molecular formula is C34H28F3N2+. The topological polar surface area (TPSA) is 8.29 Å². The minimum absolute atomic E-state index is 0.0525. The first kappa shape index (κ1) is 24.0. The Kier molecular flexibility index (Phi) is 4.88. The van der Waals surface area contributed by atoms with Crippen molar-refractivity contribution in [1.29, 1.82) is 0 Å². The molecule has 0 N–H and O–H groups in total. The van der Waals surface area contributed by atoms with E-state index in [0.29, 0.717) is 5.56 Å². The number of para-hydroxylation sites is 1. The van der Waals surface area contributed by atoms with E-state index in [1.54, 1.807) is 0 Å². The van der Waals surface area contributed by atoms with Crippen LogP contribution in [0.15, 0.2) is 85.1 Å². The Morgan fingerprint density at radius 1 is 0.769 bits per heavy atom. The van der Waals surface area contributed by atoms with E-state index in [1.807, 2.05) is 24.3 Å². The highest BCUT2D eigenvalue weighted by atomic mass is 19.4. The maximum atomic E-state index is 13.5. The Labute approximate surface area is 224 Å². The van der Waals surface area contributed by atoms with Crippen molar-refractivity contribution >= 4 is 49.0 Å². The molecule has 194 valence electrons. The first-order valence-electron chi connectivity index (χ1n) is 13.2. The van der Waals surface area contributed by atoms with Crippen LogP contribution in [0.5, 0.6) is 0 Å². The van der Waals surface area contributed by atoms with Gasteiger partial charge in [0.05, 0.1) is 32.7 Å². The Balaban J connectivity index is 1.52. The summed E-state index contributed by atoms with van der Waals surface area (Å²) < 4.78 is 45.0. The highest BCUT2D eigenvalue weighted by molar-refractivity contribution is 6.26. The van der Waals surface area contributed by atoms with Crippen molar-refractivity contribution in [2.75, 3.05) is 0 Å². The Hall–Kier alpha value is -4.12. The van der Waals surface area contributed by atoms with Crippen molar-refractivity contribution in [3.05, 3.63) is 96.2 Å². The molecule has 3 aromatic heterocycles. The van der Waals surface area contributed by atoms with Crippen LogP contribution in [0.25, 0.3) is 60.1 Å². The highest BCUT2D eigenvalue weighted by Crippen LogP contribution is 2.43. The van der Waals surface area contributed by atoms with Gasteiger partial charge in [-0.05, 0) is 59.2 Å². The third-order valence-electron chi connectivity index (χ3n) is 8.44. The second-order valence-electron chi connectivity index (χ2n) is 11.5. The van der Waals surface area contributed by atoms with Gasteiger partial charge in [0, 0.05) is 16.8 Å². The van der Waals surface area contributed by atoms with Gasteiger partial charge in [-0.1, -0.05) is 68.4 Å². The van der Waals surface area contributed by atoms with E-state index in [-0.39, 0.29) is 6.42 Å².